The number of carbonyl (C=O) groups excluding carboxylic acids is 1. The van der Waals surface area contributed by atoms with Crippen LogP contribution in [0.25, 0.3) is 0 Å². The smallest absolute Gasteiger partial charge is 0.406 e. The number of halogens is 4. The van der Waals surface area contributed by atoms with Gasteiger partial charge in [0.2, 0.25) is 0 Å². The summed E-state index contributed by atoms with van der Waals surface area (Å²) in [5, 5.41) is 0.425. The molecular formula is C14H17ClF3NO2. The quantitative estimate of drug-likeness (QED) is 0.797. The van der Waals surface area contributed by atoms with Crippen molar-refractivity contribution in [2.24, 2.45) is 5.92 Å². The first-order valence-electron chi connectivity index (χ1n) is 6.40. The monoisotopic (exact) mass is 323 g/mol. The Kier molecular flexibility index (Phi) is 6.33. The molecule has 118 valence electrons. The molecule has 0 spiro atoms. The topological polar surface area (TPSA) is 29.5 Å². The number of amides is 1. The zero-order valence-corrected chi connectivity index (χ0v) is 12.5. The Labute approximate surface area is 126 Å². The molecule has 1 aromatic carbocycles. The maximum atomic E-state index is 12.5. The van der Waals surface area contributed by atoms with E-state index in [2.05, 4.69) is 0 Å². The molecule has 0 N–H and O–H groups in total. The minimum atomic E-state index is -4.43. The van der Waals surface area contributed by atoms with Crippen LogP contribution >= 0.6 is 11.6 Å². The lowest BCUT2D eigenvalue weighted by atomic mass is 10.2. The number of nitrogens with zero attached hydrogens (tertiary/aromatic N) is 1. The predicted octanol–water partition coefficient (Wildman–Crippen LogP) is 3.77. The van der Waals surface area contributed by atoms with E-state index in [0.29, 0.717) is 10.8 Å². The summed E-state index contributed by atoms with van der Waals surface area (Å²) in [6.07, 6.45) is -4.43. The molecule has 0 fully saturated rings. The summed E-state index contributed by atoms with van der Waals surface area (Å²) in [5.41, 5.74) is 0. The standard InChI is InChI=1S/C14H17ClF3NO2/c1-10(2)7-19(9-14(16,17)18)13(20)8-21-12-5-3-4-11(15)6-12/h3-6,10H,7-9H2,1-2H3. The van der Waals surface area contributed by atoms with Crippen molar-refractivity contribution in [1.29, 1.82) is 0 Å². The molecule has 3 nitrogen and oxygen atoms in total. The number of benzene rings is 1. The molecule has 1 aromatic rings. The Hall–Kier alpha value is -1.43. The summed E-state index contributed by atoms with van der Waals surface area (Å²) >= 11 is 5.75. The highest BCUT2D eigenvalue weighted by Gasteiger charge is 2.33. The van der Waals surface area contributed by atoms with Gasteiger partial charge in [-0.3, -0.25) is 4.79 Å². The number of alkyl halides is 3. The fourth-order valence-corrected chi connectivity index (χ4v) is 1.89. The van der Waals surface area contributed by atoms with Crippen LogP contribution in [0.5, 0.6) is 5.75 Å². The van der Waals surface area contributed by atoms with Crippen molar-refractivity contribution in [3.05, 3.63) is 29.3 Å². The van der Waals surface area contributed by atoms with Crippen LogP contribution in [-0.4, -0.2) is 36.7 Å². The number of ether oxygens (including phenoxy) is 1. The van der Waals surface area contributed by atoms with Crippen molar-refractivity contribution in [3.8, 4) is 5.75 Å². The lowest BCUT2D eigenvalue weighted by Crippen LogP contribution is -2.43. The van der Waals surface area contributed by atoms with E-state index < -0.39 is 25.2 Å². The summed E-state index contributed by atoms with van der Waals surface area (Å²) in [6, 6.07) is 6.33. The average Bonchev–Trinajstić information content (AvgIpc) is 2.33. The highest BCUT2D eigenvalue weighted by Crippen LogP contribution is 2.19. The van der Waals surface area contributed by atoms with Gasteiger partial charge >= 0.3 is 6.18 Å². The van der Waals surface area contributed by atoms with E-state index in [4.69, 9.17) is 16.3 Å². The molecule has 0 aromatic heterocycles. The molecule has 0 atom stereocenters. The van der Waals surface area contributed by atoms with Crippen LogP contribution in [0.1, 0.15) is 13.8 Å². The maximum Gasteiger partial charge on any atom is 0.406 e. The molecule has 21 heavy (non-hydrogen) atoms. The second-order valence-corrected chi connectivity index (χ2v) is 5.47. The molecule has 0 unspecified atom stereocenters. The second kappa shape index (κ2) is 7.54. The van der Waals surface area contributed by atoms with E-state index in [1.165, 1.54) is 6.07 Å². The Morgan fingerprint density at radius 1 is 1.38 bits per heavy atom. The van der Waals surface area contributed by atoms with E-state index in [9.17, 15) is 18.0 Å². The van der Waals surface area contributed by atoms with Crippen molar-refractivity contribution < 1.29 is 22.7 Å². The first-order chi connectivity index (χ1) is 9.67. The van der Waals surface area contributed by atoms with Gasteiger partial charge in [-0.15, -0.1) is 0 Å². The second-order valence-electron chi connectivity index (χ2n) is 5.03. The Morgan fingerprint density at radius 3 is 2.57 bits per heavy atom. The Bertz CT molecular complexity index is 478. The van der Waals surface area contributed by atoms with Crippen molar-refractivity contribution in [2.45, 2.75) is 20.0 Å². The van der Waals surface area contributed by atoms with Crippen LogP contribution in [0, 0.1) is 5.92 Å². The van der Waals surface area contributed by atoms with Gasteiger partial charge in [0.1, 0.15) is 12.3 Å². The van der Waals surface area contributed by atoms with Crippen LogP contribution in [0.4, 0.5) is 13.2 Å². The van der Waals surface area contributed by atoms with Crippen LogP contribution in [0.15, 0.2) is 24.3 Å². The Balaban J connectivity index is 2.63. The SMILES string of the molecule is CC(C)CN(CC(F)(F)F)C(=O)COc1cccc(Cl)c1. The number of hydrogen-bond acceptors (Lipinski definition) is 2. The minimum Gasteiger partial charge on any atom is -0.484 e. The van der Waals surface area contributed by atoms with Crippen molar-refractivity contribution in [3.63, 3.8) is 0 Å². The van der Waals surface area contributed by atoms with Crippen molar-refractivity contribution in [2.75, 3.05) is 19.7 Å². The highest BCUT2D eigenvalue weighted by atomic mass is 35.5. The molecule has 0 heterocycles. The van der Waals surface area contributed by atoms with E-state index in [-0.39, 0.29) is 12.5 Å². The number of rotatable bonds is 6. The van der Waals surface area contributed by atoms with E-state index in [0.717, 1.165) is 4.90 Å². The zero-order valence-electron chi connectivity index (χ0n) is 11.8. The molecule has 0 bridgehead atoms. The van der Waals surface area contributed by atoms with Gasteiger partial charge in [0.15, 0.2) is 6.61 Å². The molecule has 7 heteroatoms. The summed E-state index contributed by atoms with van der Waals surface area (Å²) in [4.78, 5) is 12.6. The highest BCUT2D eigenvalue weighted by molar-refractivity contribution is 6.30. The Morgan fingerprint density at radius 2 is 2.05 bits per heavy atom. The van der Waals surface area contributed by atoms with Crippen molar-refractivity contribution >= 4 is 17.5 Å². The fourth-order valence-electron chi connectivity index (χ4n) is 1.70. The van der Waals surface area contributed by atoms with Gasteiger partial charge in [0, 0.05) is 11.6 Å². The summed E-state index contributed by atoms with van der Waals surface area (Å²) in [5.74, 6) is -0.434. The molecule has 0 aliphatic carbocycles. The normalized spacial score (nSPS) is 11.6. The van der Waals surface area contributed by atoms with Crippen LogP contribution in [-0.2, 0) is 4.79 Å². The van der Waals surface area contributed by atoms with Gasteiger partial charge < -0.3 is 9.64 Å². The van der Waals surface area contributed by atoms with Crippen LogP contribution < -0.4 is 4.74 Å². The fraction of sp³-hybridized carbons (Fsp3) is 0.500. The number of hydrogen-bond donors (Lipinski definition) is 0. The summed E-state index contributed by atoms with van der Waals surface area (Å²) < 4.78 is 42.6. The van der Waals surface area contributed by atoms with Crippen LogP contribution in [0.2, 0.25) is 5.02 Å². The third kappa shape index (κ3) is 7.22. The molecule has 0 saturated carbocycles. The number of carbonyl (C=O) groups is 1. The van der Waals surface area contributed by atoms with E-state index in [1.807, 2.05) is 0 Å². The summed E-state index contributed by atoms with van der Waals surface area (Å²) in [7, 11) is 0. The van der Waals surface area contributed by atoms with Gasteiger partial charge in [0.25, 0.3) is 5.91 Å². The molecule has 0 radical (unpaired) electrons. The van der Waals surface area contributed by atoms with Gasteiger partial charge in [-0.05, 0) is 24.1 Å². The molecule has 0 saturated heterocycles. The molecular weight excluding hydrogens is 307 g/mol. The van der Waals surface area contributed by atoms with E-state index in [1.54, 1.807) is 32.0 Å². The van der Waals surface area contributed by atoms with Gasteiger partial charge in [-0.1, -0.05) is 31.5 Å². The zero-order chi connectivity index (χ0) is 16.0. The largest absolute Gasteiger partial charge is 0.484 e. The maximum absolute atomic E-state index is 12.5. The van der Waals surface area contributed by atoms with Gasteiger partial charge in [-0.25, -0.2) is 0 Å². The predicted molar refractivity (Wildman–Crippen MR) is 74.4 cm³/mol. The third-order valence-corrected chi connectivity index (χ3v) is 2.70. The summed E-state index contributed by atoms with van der Waals surface area (Å²) in [6.45, 7) is 1.78. The lowest BCUT2D eigenvalue weighted by Gasteiger charge is -2.25. The molecule has 1 amide bonds. The minimum absolute atomic E-state index is 0.0250. The van der Waals surface area contributed by atoms with Gasteiger partial charge in [0.05, 0.1) is 0 Å². The average molecular weight is 324 g/mol. The van der Waals surface area contributed by atoms with E-state index >= 15 is 0 Å². The van der Waals surface area contributed by atoms with Gasteiger partial charge in [-0.2, -0.15) is 13.2 Å². The lowest BCUT2D eigenvalue weighted by molar-refractivity contribution is -0.163. The first-order valence-corrected chi connectivity index (χ1v) is 6.78. The molecule has 0 aliphatic rings. The van der Waals surface area contributed by atoms with Crippen molar-refractivity contribution in [1.82, 2.24) is 4.90 Å². The molecule has 0 aliphatic heterocycles. The third-order valence-electron chi connectivity index (χ3n) is 2.47. The van der Waals surface area contributed by atoms with Crippen LogP contribution in [0.3, 0.4) is 0 Å². The first kappa shape index (κ1) is 17.6. The molecule has 1 rings (SSSR count).